The third-order valence-corrected chi connectivity index (χ3v) is 6.18. The van der Waals surface area contributed by atoms with Crippen molar-refractivity contribution < 1.29 is 23.7 Å². The molecular formula is C25H26N2O5S. The van der Waals surface area contributed by atoms with Crippen LogP contribution in [0.3, 0.4) is 0 Å². The molecule has 1 aliphatic rings. The Balaban J connectivity index is 1.45. The minimum Gasteiger partial charge on any atom is -0.485 e. The third kappa shape index (κ3) is 5.58. The molecule has 0 aliphatic carbocycles. The normalized spacial score (nSPS) is 15.3. The number of hydrogen-bond donors (Lipinski definition) is 1. The zero-order chi connectivity index (χ0) is 23.0. The minimum atomic E-state index is -0.242. The van der Waals surface area contributed by atoms with E-state index in [4.69, 9.17) is 18.9 Å². The molecular weight excluding hydrogens is 440 g/mol. The summed E-state index contributed by atoms with van der Waals surface area (Å²) in [5, 5.41) is 0. The van der Waals surface area contributed by atoms with Crippen LogP contribution >= 0.6 is 11.9 Å². The van der Waals surface area contributed by atoms with Gasteiger partial charge in [0, 0.05) is 29.7 Å². The molecule has 2 heterocycles. The lowest BCUT2D eigenvalue weighted by Gasteiger charge is -2.16. The zero-order valence-electron chi connectivity index (χ0n) is 18.5. The fraction of sp³-hybridized carbons (Fsp3) is 0.280. The quantitative estimate of drug-likeness (QED) is 0.315. The van der Waals surface area contributed by atoms with Crippen LogP contribution in [0.4, 0.5) is 0 Å². The second-order valence-electron chi connectivity index (χ2n) is 7.41. The summed E-state index contributed by atoms with van der Waals surface area (Å²) in [7, 11) is 3.45. The molecule has 1 aromatic heterocycles. The van der Waals surface area contributed by atoms with Gasteiger partial charge in [0.2, 0.25) is 5.88 Å². The van der Waals surface area contributed by atoms with E-state index in [1.54, 1.807) is 37.4 Å². The average molecular weight is 467 g/mol. The van der Waals surface area contributed by atoms with Crippen LogP contribution in [-0.4, -0.2) is 37.8 Å². The molecule has 2 aromatic carbocycles. The number of carbonyl (C=O) groups excluding carboxylic acids is 1. The number of rotatable bonds is 11. The second-order valence-corrected chi connectivity index (χ2v) is 8.44. The smallest absolute Gasteiger partial charge is 0.213 e. The Morgan fingerprint density at radius 1 is 1.18 bits per heavy atom. The van der Waals surface area contributed by atoms with E-state index in [0.717, 1.165) is 28.9 Å². The van der Waals surface area contributed by atoms with Crippen LogP contribution in [0.15, 0.2) is 60.8 Å². The summed E-state index contributed by atoms with van der Waals surface area (Å²) in [5.41, 5.74) is 2.05. The van der Waals surface area contributed by atoms with E-state index >= 15 is 0 Å². The summed E-state index contributed by atoms with van der Waals surface area (Å²) in [6, 6.07) is 17.2. The number of methoxy groups -OCH3 is 1. The van der Waals surface area contributed by atoms with Crippen LogP contribution in [0.1, 0.15) is 29.6 Å². The van der Waals surface area contributed by atoms with Gasteiger partial charge in [-0.1, -0.05) is 36.2 Å². The van der Waals surface area contributed by atoms with Crippen LogP contribution in [0.5, 0.6) is 28.9 Å². The molecule has 0 amide bonds. The summed E-state index contributed by atoms with van der Waals surface area (Å²) in [4.78, 5) is 15.2. The van der Waals surface area contributed by atoms with Crippen LogP contribution in [0.25, 0.3) is 0 Å². The molecule has 1 N–H and O–H groups in total. The lowest BCUT2D eigenvalue weighted by atomic mass is 9.98. The van der Waals surface area contributed by atoms with Crippen molar-refractivity contribution in [1.82, 2.24) is 9.71 Å². The zero-order valence-corrected chi connectivity index (χ0v) is 19.3. The molecule has 3 aromatic rings. The van der Waals surface area contributed by atoms with E-state index in [1.807, 2.05) is 49.5 Å². The maximum atomic E-state index is 11.0. The van der Waals surface area contributed by atoms with Gasteiger partial charge in [-0.15, -0.1) is 0 Å². The van der Waals surface area contributed by atoms with Gasteiger partial charge >= 0.3 is 0 Å². The van der Waals surface area contributed by atoms with Crippen molar-refractivity contribution >= 4 is 18.2 Å². The standard InChI is InChI=1S/C25H26N2O5S/c1-26-33-16-18(12-13-28)17-6-8-19(9-7-17)31-23-15-30-25-21(23)4-3-5-22(25)32-20-10-11-24(29-2)27-14-20/h3-11,13-14,18,23,26H,12,15-16H2,1-2H3. The monoisotopic (exact) mass is 466 g/mol. The molecule has 0 saturated carbocycles. The van der Waals surface area contributed by atoms with Crippen LogP contribution in [0, 0.1) is 0 Å². The molecule has 2 atom stereocenters. The number of hydrogen-bond acceptors (Lipinski definition) is 8. The molecule has 0 spiro atoms. The number of fused-ring (bicyclic) bond motifs is 1. The summed E-state index contributed by atoms with van der Waals surface area (Å²) >= 11 is 1.60. The van der Waals surface area contributed by atoms with Crippen molar-refractivity contribution in [2.45, 2.75) is 18.4 Å². The van der Waals surface area contributed by atoms with Crippen LogP contribution in [-0.2, 0) is 4.79 Å². The van der Waals surface area contributed by atoms with E-state index < -0.39 is 0 Å². The summed E-state index contributed by atoms with van der Waals surface area (Å²) in [6.45, 7) is 0.394. The summed E-state index contributed by atoms with van der Waals surface area (Å²) < 4.78 is 26.3. The van der Waals surface area contributed by atoms with Gasteiger partial charge in [-0.3, -0.25) is 4.72 Å². The highest BCUT2D eigenvalue weighted by molar-refractivity contribution is 7.97. The predicted octanol–water partition coefficient (Wildman–Crippen LogP) is 4.94. The molecule has 4 rings (SSSR count). The first-order valence-corrected chi connectivity index (χ1v) is 11.6. The third-order valence-electron chi connectivity index (χ3n) is 5.32. The Labute approximate surface area is 197 Å². The number of para-hydroxylation sites is 1. The van der Waals surface area contributed by atoms with Gasteiger partial charge in [-0.2, -0.15) is 0 Å². The Morgan fingerprint density at radius 3 is 2.70 bits per heavy atom. The van der Waals surface area contributed by atoms with Gasteiger partial charge in [-0.05, 0) is 36.9 Å². The Hall–Kier alpha value is -3.23. The molecule has 8 heteroatoms. The molecule has 172 valence electrons. The van der Waals surface area contributed by atoms with E-state index in [0.29, 0.717) is 36.2 Å². The molecule has 1 aliphatic heterocycles. The molecule has 0 fully saturated rings. The van der Waals surface area contributed by atoms with Crippen molar-refractivity contribution in [2.24, 2.45) is 0 Å². The summed E-state index contributed by atoms with van der Waals surface area (Å²) in [6.07, 6.45) is 2.83. The number of nitrogens with zero attached hydrogens (tertiary/aromatic N) is 1. The first-order valence-electron chi connectivity index (χ1n) is 10.6. The molecule has 2 unspecified atom stereocenters. The van der Waals surface area contributed by atoms with Gasteiger partial charge in [0.15, 0.2) is 17.6 Å². The largest absolute Gasteiger partial charge is 0.485 e. The van der Waals surface area contributed by atoms with E-state index in [-0.39, 0.29) is 12.0 Å². The predicted molar refractivity (Wildman–Crippen MR) is 128 cm³/mol. The number of carbonyl (C=O) groups is 1. The molecule has 0 saturated heterocycles. The van der Waals surface area contributed by atoms with Crippen molar-refractivity contribution in [3.05, 3.63) is 71.9 Å². The number of nitrogens with one attached hydrogen (secondary N) is 1. The fourth-order valence-corrected chi connectivity index (χ4v) is 4.32. The molecule has 33 heavy (non-hydrogen) atoms. The average Bonchev–Trinajstić information content (AvgIpc) is 3.26. The van der Waals surface area contributed by atoms with Gasteiger partial charge in [0.1, 0.15) is 24.4 Å². The lowest BCUT2D eigenvalue weighted by molar-refractivity contribution is -0.108. The maximum Gasteiger partial charge on any atom is 0.213 e. The van der Waals surface area contributed by atoms with Gasteiger partial charge < -0.3 is 23.7 Å². The number of ether oxygens (including phenoxy) is 4. The molecule has 7 nitrogen and oxygen atoms in total. The lowest BCUT2D eigenvalue weighted by Crippen LogP contribution is -2.09. The second kappa shape index (κ2) is 11.1. The first kappa shape index (κ1) is 22.9. The van der Waals surface area contributed by atoms with Gasteiger partial charge in [0.05, 0.1) is 13.3 Å². The number of aromatic nitrogens is 1. The highest BCUT2D eigenvalue weighted by atomic mass is 32.2. The van der Waals surface area contributed by atoms with Crippen molar-refractivity contribution in [2.75, 3.05) is 26.5 Å². The SMILES string of the molecule is CNSCC(CC=O)c1ccc(OC2COc3c(Oc4ccc(OC)nc4)cccc32)cc1. The van der Waals surface area contributed by atoms with E-state index in [1.165, 1.54) is 0 Å². The summed E-state index contributed by atoms with van der Waals surface area (Å²) in [5.74, 6) is 4.13. The Kier molecular flexibility index (Phi) is 7.70. The highest BCUT2D eigenvalue weighted by Crippen LogP contribution is 2.43. The van der Waals surface area contributed by atoms with Gasteiger partial charge in [0.25, 0.3) is 0 Å². The first-order chi connectivity index (χ1) is 16.2. The van der Waals surface area contributed by atoms with Gasteiger partial charge in [-0.25, -0.2) is 4.98 Å². The number of aldehydes is 1. The van der Waals surface area contributed by atoms with E-state index in [2.05, 4.69) is 9.71 Å². The van der Waals surface area contributed by atoms with Crippen LogP contribution in [0.2, 0.25) is 0 Å². The van der Waals surface area contributed by atoms with Crippen molar-refractivity contribution in [3.8, 4) is 28.9 Å². The van der Waals surface area contributed by atoms with Crippen LogP contribution < -0.4 is 23.7 Å². The number of benzene rings is 2. The van der Waals surface area contributed by atoms with Crippen molar-refractivity contribution in [3.63, 3.8) is 0 Å². The van der Waals surface area contributed by atoms with Crippen molar-refractivity contribution in [1.29, 1.82) is 0 Å². The number of pyridine rings is 1. The highest BCUT2D eigenvalue weighted by Gasteiger charge is 2.29. The minimum absolute atomic E-state index is 0.164. The molecule has 0 bridgehead atoms. The molecule has 0 radical (unpaired) electrons. The Morgan fingerprint density at radius 2 is 2.00 bits per heavy atom. The maximum absolute atomic E-state index is 11.0. The fourth-order valence-electron chi connectivity index (χ4n) is 3.63. The topological polar surface area (TPSA) is 78.9 Å². The Bertz CT molecular complexity index is 1060. The van der Waals surface area contributed by atoms with E-state index in [9.17, 15) is 4.79 Å².